The number of rotatable bonds is 6. The van der Waals surface area contributed by atoms with Crippen molar-refractivity contribution >= 4 is 5.84 Å². The van der Waals surface area contributed by atoms with E-state index in [9.17, 15) is 0 Å². The average Bonchev–Trinajstić information content (AvgIpc) is 2.18. The van der Waals surface area contributed by atoms with Gasteiger partial charge in [0.15, 0.2) is 0 Å². The molecule has 3 nitrogen and oxygen atoms in total. The van der Waals surface area contributed by atoms with Crippen molar-refractivity contribution in [1.29, 1.82) is 0 Å². The Hall–Kier alpha value is -0.830. The van der Waals surface area contributed by atoms with Gasteiger partial charge in [-0.05, 0) is 38.3 Å². The Kier molecular flexibility index (Phi) is 7.05. The van der Waals surface area contributed by atoms with E-state index in [4.69, 9.17) is 11.5 Å². The minimum absolute atomic E-state index is 0.177. The first kappa shape index (κ1) is 14.2. The predicted octanol–water partition coefficient (Wildman–Crippen LogP) is 2.07. The van der Waals surface area contributed by atoms with Crippen molar-refractivity contribution in [1.82, 2.24) is 0 Å². The van der Waals surface area contributed by atoms with Crippen molar-refractivity contribution in [2.75, 3.05) is 6.54 Å². The van der Waals surface area contributed by atoms with Crippen LogP contribution < -0.4 is 11.5 Å². The molecule has 0 rings (SSSR count). The lowest BCUT2D eigenvalue weighted by molar-refractivity contribution is 0.600. The molecule has 4 N–H and O–H groups in total. The standard InChI is InChI=1S/C12H25N3/c1-5-9(3)11(6-2)10(4)15-12(14)7-8-13/h6,9-10H,5,7-8,13H2,1-4H3,(H2,14,15)/b11-6+/t9-,10?/m1/s1. The summed E-state index contributed by atoms with van der Waals surface area (Å²) in [4.78, 5) is 4.45. The Labute approximate surface area is 93.6 Å². The highest BCUT2D eigenvalue weighted by Gasteiger charge is 2.12. The van der Waals surface area contributed by atoms with Gasteiger partial charge in [-0.3, -0.25) is 4.99 Å². The van der Waals surface area contributed by atoms with Gasteiger partial charge in [0, 0.05) is 6.42 Å². The zero-order chi connectivity index (χ0) is 11.8. The van der Waals surface area contributed by atoms with E-state index in [-0.39, 0.29) is 6.04 Å². The van der Waals surface area contributed by atoms with Crippen molar-refractivity contribution in [2.24, 2.45) is 22.4 Å². The molecule has 0 radical (unpaired) electrons. The van der Waals surface area contributed by atoms with Crippen LogP contribution in [0.3, 0.4) is 0 Å². The summed E-state index contributed by atoms with van der Waals surface area (Å²) in [6.45, 7) is 9.13. The highest BCUT2D eigenvalue weighted by molar-refractivity contribution is 5.80. The van der Waals surface area contributed by atoms with Gasteiger partial charge in [-0.2, -0.15) is 0 Å². The fourth-order valence-corrected chi connectivity index (χ4v) is 1.71. The van der Waals surface area contributed by atoms with Crippen LogP contribution in [0.1, 0.15) is 40.5 Å². The van der Waals surface area contributed by atoms with Crippen LogP contribution in [0.2, 0.25) is 0 Å². The lowest BCUT2D eigenvalue weighted by Gasteiger charge is -2.18. The van der Waals surface area contributed by atoms with Crippen molar-refractivity contribution in [2.45, 2.75) is 46.6 Å². The topological polar surface area (TPSA) is 64.4 Å². The molecule has 0 aromatic heterocycles. The van der Waals surface area contributed by atoms with Gasteiger partial charge >= 0.3 is 0 Å². The van der Waals surface area contributed by atoms with Crippen LogP contribution in [0.15, 0.2) is 16.6 Å². The molecular weight excluding hydrogens is 186 g/mol. The maximum Gasteiger partial charge on any atom is 0.0957 e. The van der Waals surface area contributed by atoms with E-state index in [0.717, 1.165) is 6.42 Å². The molecule has 0 aromatic carbocycles. The van der Waals surface area contributed by atoms with Crippen LogP contribution in [0, 0.1) is 5.92 Å². The summed E-state index contributed by atoms with van der Waals surface area (Å²) in [6.07, 6.45) is 3.97. The van der Waals surface area contributed by atoms with E-state index >= 15 is 0 Å². The third-order valence-electron chi connectivity index (χ3n) is 2.76. The third-order valence-corrected chi connectivity index (χ3v) is 2.76. The summed E-state index contributed by atoms with van der Waals surface area (Å²) in [7, 11) is 0. The molecule has 1 unspecified atom stereocenters. The Morgan fingerprint density at radius 3 is 2.40 bits per heavy atom. The monoisotopic (exact) mass is 211 g/mol. The Balaban J connectivity index is 4.53. The normalized spacial score (nSPS) is 17.7. The first-order valence-corrected chi connectivity index (χ1v) is 5.75. The minimum Gasteiger partial charge on any atom is -0.387 e. The number of allylic oxidation sites excluding steroid dienone is 1. The lowest BCUT2D eigenvalue weighted by Crippen LogP contribution is -2.21. The lowest BCUT2D eigenvalue weighted by atomic mass is 9.93. The van der Waals surface area contributed by atoms with Crippen LogP contribution in [0.5, 0.6) is 0 Å². The fourth-order valence-electron chi connectivity index (χ4n) is 1.71. The Morgan fingerprint density at radius 2 is 2.00 bits per heavy atom. The van der Waals surface area contributed by atoms with Gasteiger partial charge in [-0.25, -0.2) is 0 Å². The number of hydrogen-bond acceptors (Lipinski definition) is 2. The second-order valence-electron chi connectivity index (χ2n) is 3.93. The molecule has 0 heterocycles. The van der Waals surface area contributed by atoms with Crippen molar-refractivity contribution in [3.05, 3.63) is 11.6 Å². The molecule has 0 aromatic rings. The second-order valence-corrected chi connectivity index (χ2v) is 3.93. The van der Waals surface area contributed by atoms with Crippen LogP contribution >= 0.6 is 0 Å². The molecule has 0 aliphatic carbocycles. The first-order valence-electron chi connectivity index (χ1n) is 5.75. The number of nitrogens with zero attached hydrogens (tertiary/aromatic N) is 1. The van der Waals surface area contributed by atoms with Gasteiger partial charge in [-0.15, -0.1) is 0 Å². The summed E-state index contributed by atoms with van der Waals surface area (Å²) in [5.41, 5.74) is 12.5. The summed E-state index contributed by atoms with van der Waals surface area (Å²) in [6, 6.07) is 0.177. The summed E-state index contributed by atoms with van der Waals surface area (Å²) in [5, 5.41) is 0. The van der Waals surface area contributed by atoms with E-state index in [1.54, 1.807) is 0 Å². The molecule has 0 amide bonds. The molecular formula is C12H25N3. The maximum atomic E-state index is 5.76. The van der Waals surface area contributed by atoms with Gasteiger partial charge in [0.1, 0.15) is 0 Å². The molecule has 2 atom stereocenters. The fraction of sp³-hybridized carbons (Fsp3) is 0.750. The molecule has 0 aliphatic rings. The summed E-state index contributed by atoms with van der Waals surface area (Å²) >= 11 is 0. The highest BCUT2D eigenvalue weighted by Crippen LogP contribution is 2.20. The molecule has 0 saturated heterocycles. The maximum absolute atomic E-state index is 5.76. The van der Waals surface area contributed by atoms with Crippen molar-refractivity contribution in [3.63, 3.8) is 0 Å². The van der Waals surface area contributed by atoms with E-state index in [0.29, 0.717) is 24.7 Å². The number of nitrogens with two attached hydrogens (primary N) is 2. The summed E-state index contributed by atoms with van der Waals surface area (Å²) in [5.74, 6) is 1.23. The van der Waals surface area contributed by atoms with Crippen molar-refractivity contribution < 1.29 is 0 Å². The number of aliphatic imine (C=N–C) groups is 1. The molecule has 0 fully saturated rings. The van der Waals surface area contributed by atoms with E-state index in [2.05, 4.69) is 38.8 Å². The molecule has 0 saturated carbocycles. The van der Waals surface area contributed by atoms with Gasteiger partial charge < -0.3 is 11.5 Å². The number of amidine groups is 1. The average molecular weight is 211 g/mol. The quantitative estimate of drug-likeness (QED) is 0.401. The van der Waals surface area contributed by atoms with E-state index < -0.39 is 0 Å². The van der Waals surface area contributed by atoms with E-state index in [1.165, 1.54) is 5.57 Å². The van der Waals surface area contributed by atoms with Gasteiger partial charge in [0.2, 0.25) is 0 Å². The molecule has 0 spiro atoms. The first-order chi connectivity index (χ1) is 7.06. The molecule has 0 aliphatic heterocycles. The smallest absolute Gasteiger partial charge is 0.0957 e. The Bertz CT molecular complexity index is 231. The zero-order valence-corrected chi connectivity index (χ0v) is 10.5. The second kappa shape index (κ2) is 7.46. The van der Waals surface area contributed by atoms with Gasteiger partial charge in [0.05, 0.1) is 11.9 Å². The van der Waals surface area contributed by atoms with Gasteiger partial charge in [-0.1, -0.05) is 19.9 Å². The molecule has 15 heavy (non-hydrogen) atoms. The summed E-state index contributed by atoms with van der Waals surface area (Å²) < 4.78 is 0. The van der Waals surface area contributed by atoms with Crippen LogP contribution in [-0.4, -0.2) is 18.4 Å². The number of hydrogen-bond donors (Lipinski definition) is 2. The zero-order valence-electron chi connectivity index (χ0n) is 10.5. The highest BCUT2D eigenvalue weighted by atomic mass is 14.9. The minimum atomic E-state index is 0.177. The molecule has 88 valence electrons. The predicted molar refractivity (Wildman–Crippen MR) is 68.0 cm³/mol. The van der Waals surface area contributed by atoms with E-state index in [1.807, 2.05) is 0 Å². The largest absolute Gasteiger partial charge is 0.387 e. The molecule has 0 bridgehead atoms. The molecule has 3 heteroatoms. The van der Waals surface area contributed by atoms with Crippen molar-refractivity contribution in [3.8, 4) is 0 Å². The van der Waals surface area contributed by atoms with Crippen LogP contribution in [0.25, 0.3) is 0 Å². The SMILES string of the molecule is C/C=C(/C(C)/N=C(/N)CCN)[C@H](C)CC. The van der Waals surface area contributed by atoms with Crippen LogP contribution in [-0.2, 0) is 0 Å². The van der Waals surface area contributed by atoms with Gasteiger partial charge in [0.25, 0.3) is 0 Å². The Morgan fingerprint density at radius 1 is 1.40 bits per heavy atom. The third kappa shape index (κ3) is 4.98. The van der Waals surface area contributed by atoms with Crippen LogP contribution in [0.4, 0.5) is 0 Å².